The molecule has 1 amide bonds. The van der Waals surface area contributed by atoms with Crippen molar-refractivity contribution in [2.75, 3.05) is 13.7 Å². The number of carbonyl (C=O) groups excluding carboxylic acids is 2. The maximum absolute atomic E-state index is 14.3. The summed E-state index contributed by atoms with van der Waals surface area (Å²) in [4.78, 5) is 46.6. The van der Waals surface area contributed by atoms with Gasteiger partial charge in [-0.1, -0.05) is 6.07 Å². The normalized spacial score (nSPS) is 23.4. The number of likely N-dealkylation sites (N-methyl/N-ethyl adjacent to an activating group) is 1. The van der Waals surface area contributed by atoms with E-state index in [-0.39, 0.29) is 28.3 Å². The zero-order valence-electron chi connectivity index (χ0n) is 23.9. The number of carboxylic acid groups (broad SMARTS) is 1. The fourth-order valence-corrected chi connectivity index (χ4v) is 7.44. The van der Waals surface area contributed by atoms with Gasteiger partial charge in [-0.3, -0.25) is 9.59 Å². The lowest BCUT2D eigenvalue weighted by molar-refractivity contribution is -0.132. The molecule has 0 saturated heterocycles. The van der Waals surface area contributed by atoms with Gasteiger partial charge >= 0.3 is 5.97 Å². The Balaban J connectivity index is 1.46. The summed E-state index contributed by atoms with van der Waals surface area (Å²) < 4.78 is 12.5. The van der Waals surface area contributed by atoms with Crippen molar-refractivity contribution in [1.82, 2.24) is 9.88 Å². The number of aromatic nitrogens is 1. The van der Waals surface area contributed by atoms with Crippen LogP contribution in [0.4, 0.5) is 0 Å². The second-order valence-corrected chi connectivity index (χ2v) is 12.5. The lowest BCUT2D eigenvalue weighted by atomic mass is 9.70. The largest absolute Gasteiger partial charge is 0.496 e. The van der Waals surface area contributed by atoms with Crippen LogP contribution in [0.3, 0.4) is 0 Å². The van der Waals surface area contributed by atoms with Crippen molar-refractivity contribution in [3.8, 4) is 17.0 Å². The van der Waals surface area contributed by atoms with Crippen molar-refractivity contribution in [3.63, 3.8) is 0 Å². The van der Waals surface area contributed by atoms with E-state index in [1.807, 2.05) is 36.9 Å². The summed E-state index contributed by atoms with van der Waals surface area (Å²) in [7, 11) is 1.59. The Bertz CT molecular complexity index is 1620. The first-order chi connectivity index (χ1) is 19.6. The number of rotatable bonds is 5. The third-order valence-corrected chi connectivity index (χ3v) is 9.99. The number of amides is 1. The van der Waals surface area contributed by atoms with E-state index in [0.29, 0.717) is 65.5 Å². The smallest absolute Gasteiger partial charge is 0.354 e. The number of hydrogen-bond donors (Lipinski definition) is 1. The average molecular weight is 555 g/mol. The number of carboxylic acids is 1. The van der Waals surface area contributed by atoms with Gasteiger partial charge < -0.3 is 19.5 Å². The first kappa shape index (κ1) is 26.0. The summed E-state index contributed by atoms with van der Waals surface area (Å²) in [5.41, 5.74) is 4.25. The van der Waals surface area contributed by atoms with Crippen LogP contribution < -0.4 is 4.74 Å². The predicted molar refractivity (Wildman–Crippen MR) is 150 cm³/mol. The highest BCUT2D eigenvalue weighted by atomic mass is 16.5. The molecule has 0 radical (unpaired) electrons. The van der Waals surface area contributed by atoms with Crippen LogP contribution in [-0.4, -0.2) is 51.8 Å². The molecule has 1 aromatic heterocycles. The van der Waals surface area contributed by atoms with Crippen LogP contribution in [-0.2, 0) is 14.3 Å². The highest BCUT2D eigenvalue weighted by molar-refractivity contribution is 6.06. The van der Waals surface area contributed by atoms with E-state index in [2.05, 4.69) is 4.98 Å². The van der Waals surface area contributed by atoms with E-state index in [9.17, 15) is 19.5 Å². The van der Waals surface area contributed by atoms with E-state index >= 15 is 0 Å². The van der Waals surface area contributed by atoms with E-state index in [4.69, 9.17) is 9.47 Å². The standard InChI is InChI=1S/C33H34N2O6/c1-5-35-30(37)27-24(16-33(35)12-13-33)41-23-15-32(10-11-32)14-21(36)26(23)28(27)25-18(3)19(7-9-22(25)40-4)20-8-6-17(2)29(34-20)31(38)39/h6-9,28H,5,10-16H2,1-4H3,(H,38,39)/t28-/m0/s1. The van der Waals surface area contributed by atoms with Crippen molar-refractivity contribution in [1.29, 1.82) is 0 Å². The van der Waals surface area contributed by atoms with Gasteiger partial charge in [0.05, 0.1) is 29.8 Å². The number of benzene rings is 1. The molecule has 8 heteroatoms. The van der Waals surface area contributed by atoms with Crippen LogP contribution in [0.1, 0.15) is 85.0 Å². The molecule has 3 aliphatic carbocycles. The molecule has 2 fully saturated rings. The van der Waals surface area contributed by atoms with E-state index < -0.39 is 11.9 Å². The maximum atomic E-state index is 14.3. The van der Waals surface area contributed by atoms with E-state index in [1.54, 1.807) is 20.1 Å². The first-order valence-corrected chi connectivity index (χ1v) is 14.5. The molecule has 2 spiro atoms. The highest BCUT2D eigenvalue weighted by Crippen LogP contribution is 2.62. The van der Waals surface area contributed by atoms with Gasteiger partial charge in [-0.15, -0.1) is 0 Å². The molecule has 8 nitrogen and oxygen atoms in total. The maximum Gasteiger partial charge on any atom is 0.354 e. The van der Waals surface area contributed by atoms with Gasteiger partial charge in [-0.2, -0.15) is 0 Å². The minimum absolute atomic E-state index is 0.00621. The van der Waals surface area contributed by atoms with Crippen molar-refractivity contribution in [2.24, 2.45) is 5.41 Å². The lowest BCUT2D eigenvalue weighted by Crippen LogP contribution is -2.49. The Hall–Kier alpha value is -3.94. The van der Waals surface area contributed by atoms with Gasteiger partial charge in [0.2, 0.25) is 0 Å². The number of aromatic carboxylic acids is 1. The number of pyridine rings is 1. The van der Waals surface area contributed by atoms with Crippen LogP contribution in [0.2, 0.25) is 0 Å². The van der Waals surface area contributed by atoms with Gasteiger partial charge in [0.15, 0.2) is 11.5 Å². The summed E-state index contributed by atoms with van der Waals surface area (Å²) in [6, 6.07) is 7.26. The van der Waals surface area contributed by atoms with Gasteiger partial charge in [0.1, 0.15) is 17.3 Å². The summed E-state index contributed by atoms with van der Waals surface area (Å²) >= 11 is 0. The number of hydrogen-bond acceptors (Lipinski definition) is 6. The molecule has 1 N–H and O–H groups in total. The van der Waals surface area contributed by atoms with Crippen molar-refractivity contribution in [2.45, 2.75) is 77.2 Å². The number of ether oxygens (including phenoxy) is 2. The third kappa shape index (κ3) is 3.79. The van der Waals surface area contributed by atoms with Gasteiger partial charge in [-0.25, -0.2) is 9.78 Å². The summed E-state index contributed by atoms with van der Waals surface area (Å²) in [5.74, 6) is 0.225. The average Bonchev–Trinajstić information content (AvgIpc) is 3.86. The lowest BCUT2D eigenvalue weighted by Gasteiger charge is -2.44. The second-order valence-electron chi connectivity index (χ2n) is 12.5. The molecule has 3 heterocycles. The van der Waals surface area contributed by atoms with Gasteiger partial charge in [-0.05, 0) is 81.2 Å². The second kappa shape index (κ2) is 8.78. The van der Waals surface area contributed by atoms with Crippen molar-refractivity contribution < 1.29 is 29.0 Å². The Morgan fingerprint density at radius 3 is 2.41 bits per heavy atom. The number of Topliss-reactive ketones (excluding diaryl/α,β-unsaturated/α-hetero) is 1. The molecule has 5 aliphatic rings. The quantitative estimate of drug-likeness (QED) is 0.511. The number of allylic oxidation sites excluding steroid dienone is 2. The third-order valence-electron chi connectivity index (χ3n) is 9.99. The molecule has 0 bridgehead atoms. The van der Waals surface area contributed by atoms with Crippen molar-refractivity contribution in [3.05, 3.63) is 69.3 Å². The van der Waals surface area contributed by atoms with Crippen molar-refractivity contribution >= 4 is 17.7 Å². The molecule has 1 atom stereocenters. The minimum atomic E-state index is -1.09. The minimum Gasteiger partial charge on any atom is -0.496 e. The Morgan fingerprint density at radius 1 is 1.05 bits per heavy atom. The molecular formula is C33H34N2O6. The topological polar surface area (TPSA) is 106 Å². The van der Waals surface area contributed by atoms with Gasteiger partial charge in [0, 0.05) is 42.5 Å². The summed E-state index contributed by atoms with van der Waals surface area (Å²) in [5, 5.41) is 9.72. The Kier molecular flexibility index (Phi) is 5.56. The number of aryl methyl sites for hydroxylation is 1. The zero-order valence-corrected chi connectivity index (χ0v) is 23.9. The number of nitrogens with zero attached hydrogens (tertiary/aromatic N) is 2. The Labute approximate surface area is 239 Å². The fraction of sp³-hybridized carbons (Fsp3) is 0.455. The predicted octanol–water partition coefficient (Wildman–Crippen LogP) is 5.62. The molecule has 212 valence electrons. The molecule has 2 saturated carbocycles. The van der Waals surface area contributed by atoms with Crippen LogP contribution in [0.15, 0.2) is 46.9 Å². The zero-order chi connectivity index (χ0) is 28.8. The van der Waals surface area contributed by atoms with E-state index in [0.717, 1.165) is 42.4 Å². The summed E-state index contributed by atoms with van der Waals surface area (Å²) in [6.07, 6.45) is 5.77. The molecule has 7 rings (SSSR count). The monoisotopic (exact) mass is 554 g/mol. The van der Waals surface area contributed by atoms with Crippen LogP contribution in [0.5, 0.6) is 5.75 Å². The van der Waals surface area contributed by atoms with Crippen LogP contribution in [0.25, 0.3) is 11.3 Å². The number of ketones is 1. The van der Waals surface area contributed by atoms with Gasteiger partial charge in [0.25, 0.3) is 5.91 Å². The summed E-state index contributed by atoms with van der Waals surface area (Å²) in [6.45, 7) is 6.25. The van der Waals surface area contributed by atoms with Crippen LogP contribution in [0, 0.1) is 19.3 Å². The molecule has 2 aromatic rings. The molecule has 1 aromatic carbocycles. The number of carbonyl (C=O) groups is 3. The Morgan fingerprint density at radius 2 is 1.78 bits per heavy atom. The van der Waals surface area contributed by atoms with E-state index in [1.165, 1.54) is 0 Å². The SMILES string of the molecule is CCN1C(=O)C2=C(CC13CC3)OC1=C(C(=O)CC3(CC3)C1)[C@@H]2c1c(OC)ccc(-c2ccc(C)c(C(=O)O)n2)c1C. The molecule has 2 aliphatic heterocycles. The fourth-order valence-electron chi connectivity index (χ4n) is 7.44. The first-order valence-electron chi connectivity index (χ1n) is 14.5. The van der Waals surface area contributed by atoms with Crippen LogP contribution >= 0.6 is 0 Å². The molecule has 0 unspecified atom stereocenters. The molecule has 41 heavy (non-hydrogen) atoms. The number of methoxy groups -OCH3 is 1. The molecular weight excluding hydrogens is 520 g/mol. The highest BCUT2D eigenvalue weighted by Gasteiger charge is 2.59.